The highest BCUT2D eigenvalue weighted by Gasteiger charge is 2.30. The fraction of sp³-hybridized carbons (Fsp3) is 0.308. The van der Waals surface area contributed by atoms with Gasteiger partial charge in [0, 0.05) is 12.7 Å². The first-order valence-corrected chi connectivity index (χ1v) is 6.27. The van der Waals surface area contributed by atoms with Crippen LogP contribution >= 0.6 is 11.8 Å². The third-order valence-corrected chi connectivity index (χ3v) is 3.05. The summed E-state index contributed by atoms with van der Waals surface area (Å²) in [5.41, 5.74) is 0.632. The number of carbonyl (C=O) groups excluding carboxylic acids is 1. The molecule has 0 spiro atoms. The van der Waals surface area contributed by atoms with Gasteiger partial charge in [0.15, 0.2) is 5.12 Å². The van der Waals surface area contributed by atoms with Gasteiger partial charge in [0.05, 0.1) is 5.56 Å². The molecule has 1 aromatic rings. The number of aryl methyl sites for hydroxylation is 1. The Kier molecular flexibility index (Phi) is 5.02. The highest BCUT2D eigenvalue weighted by molar-refractivity contribution is 8.13. The zero-order valence-electron chi connectivity index (χ0n) is 10.0. The Morgan fingerprint density at radius 2 is 2.06 bits per heavy atom. The van der Waals surface area contributed by atoms with E-state index in [9.17, 15) is 18.0 Å². The van der Waals surface area contributed by atoms with Gasteiger partial charge in [-0.25, -0.2) is 0 Å². The number of hydrogen-bond donors (Lipinski definition) is 0. The highest BCUT2D eigenvalue weighted by atomic mass is 32.2. The van der Waals surface area contributed by atoms with Gasteiger partial charge in [-0.1, -0.05) is 30.0 Å². The predicted molar refractivity (Wildman–Crippen MR) is 68.4 cm³/mol. The summed E-state index contributed by atoms with van der Waals surface area (Å²) in [5.74, 6) is 0.463. The zero-order valence-corrected chi connectivity index (χ0v) is 10.9. The number of alkyl halides is 3. The summed E-state index contributed by atoms with van der Waals surface area (Å²) < 4.78 is 37.6. The molecule has 1 rings (SSSR count). The number of carbonyl (C=O) groups is 1. The molecule has 0 N–H and O–H groups in total. The van der Waals surface area contributed by atoms with E-state index in [1.165, 1.54) is 13.0 Å². The van der Waals surface area contributed by atoms with Gasteiger partial charge in [0.25, 0.3) is 0 Å². The van der Waals surface area contributed by atoms with E-state index in [4.69, 9.17) is 0 Å². The van der Waals surface area contributed by atoms with Crippen molar-refractivity contribution in [2.75, 3.05) is 5.75 Å². The average Bonchev–Trinajstić information content (AvgIpc) is 2.24. The van der Waals surface area contributed by atoms with Crippen LogP contribution in [0, 0.1) is 6.92 Å². The molecule has 0 aliphatic carbocycles. The number of halogens is 3. The Balaban J connectivity index is 2.85. The van der Waals surface area contributed by atoms with Gasteiger partial charge in [0.2, 0.25) is 0 Å². The number of thioether (sulfide) groups is 1. The van der Waals surface area contributed by atoms with Crippen molar-refractivity contribution in [2.24, 2.45) is 0 Å². The van der Waals surface area contributed by atoms with Crippen molar-refractivity contribution in [3.8, 4) is 0 Å². The van der Waals surface area contributed by atoms with Gasteiger partial charge in [-0.05, 0) is 30.2 Å². The molecule has 0 unspecified atom stereocenters. The second kappa shape index (κ2) is 6.09. The smallest absolute Gasteiger partial charge is 0.288 e. The molecule has 5 heteroatoms. The summed E-state index contributed by atoms with van der Waals surface area (Å²) in [6.45, 7) is 3.20. The lowest BCUT2D eigenvalue weighted by molar-refractivity contribution is -0.137. The van der Waals surface area contributed by atoms with Crippen LogP contribution in [0.25, 0.3) is 6.08 Å². The van der Waals surface area contributed by atoms with Crippen LogP contribution in [-0.4, -0.2) is 10.9 Å². The van der Waals surface area contributed by atoms with Crippen molar-refractivity contribution in [1.82, 2.24) is 0 Å². The highest BCUT2D eigenvalue weighted by Crippen LogP contribution is 2.30. The van der Waals surface area contributed by atoms with E-state index in [-0.39, 0.29) is 5.12 Å². The second-order valence-corrected chi connectivity index (χ2v) is 4.97. The van der Waals surface area contributed by atoms with E-state index >= 15 is 0 Å². The van der Waals surface area contributed by atoms with Crippen LogP contribution in [0.3, 0.4) is 0 Å². The van der Waals surface area contributed by atoms with Gasteiger partial charge >= 0.3 is 6.18 Å². The van der Waals surface area contributed by atoms with Crippen LogP contribution in [0.5, 0.6) is 0 Å². The van der Waals surface area contributed by atoms with E-state index in [0.29, 0.717) is 11.3 Å². The normalized spacial score (nSPS) is 12.1. The van der Waals surface area contributed by atoms with Crippen LogP contribution in [0.15, 0.2) is 24.3 Å². The van der Waals surface area contributed by atoms with Gasteiger partial charge < -0.3 is 0 Å². The Bertz CT molecular complexity index is 464. The minimum Gasteiger partial charge on any atom is -0.288 e. The fourth-order valence-corrected chi connectivity index (χ4v) is 1.76. The predicted octanol–water partition coefficient (Wildman–Crippen LogP) is 4.31. The number of benzene rings is 1. The molecule has 1 aromatic carbocycles. The SMILES string of the molecule is CC(=O)SCC=Cc1cc(C(F)(F)F)ccc1C. The third kappa shape index (κ3) is 4.56. The molecule has 0 fully saturated rings. The van der Waals surface area contributed by atoms with Crippen molar-refractivity contribution in [1.29, 1.82) is 0 Å². The molecule has 0 aromatic heterocycles. The molecule has 0 atom stereocenters. The molecule has 0 aliphatic heterocycles. The minimum atomic E-state index is -4.33. The molecule has 0 aliphatic rings. The Labute approximate surface area is 108 Å². The quantitative estimate of drug-likeness (QED) is 0.817. The summed E-state index contributed by atoms with van der Waals surface area (Å²) in [6, 6.07) is 3.63. The molecule has 0 bridgehead atoms. The van der Waals surface area contributed by atoms with E-state index < -0.39 is 11.7 Å². The maximum atomic E-state index is 12.5. The summed E-state index contributed by atoms with van der Waals surface area (Å²) in [6.07, 6.45) is -1.03. The molecule has 0 radical (unpaired) electrons. The van der Waals surface area contributed by atoms with Crippen LogP contribution in [0.4, 0.5) is 13.2 Å². The van der Waals surface area contributed by atoms with Gasteiger partial charge in [-0.15, -0.1) is 0 Å². The molecular formula is C13H13F3OS. The summed E-state index contributed by atoms with van der Waals surface area (Å²) in [7, 11) is 0. The first-order chi connectivity index (χ1) is 8.30. The van der Waals surface area contributed by atoms with Crippen molar-refractivity contribution in [2.45, 2.75) is 20.0 Å². The van der Waals surface area contributed by atoms with Crippen LogP contribution < -0.4 is 0 Å². The second-order valence-electron chi connectivity index (χ2n) is 3.77. The topological polar surface area (TPSA) is 17.1 Å². The maximum absolute atomic E-state index is 12.5. The van der Waals surface area contributed by atoms with Gasteiger partial charge in [-0.2, -0.15) is 13.2 Å². The van der Waals surface area contributed by atoms with E-state index in [2.05, 4.69) is 0 Å². The lowest BCUT2D eigenvalue weighted by Gasteiger charge is -2.09. The van der Waals surface area contributed by atoms with Gasteiger partial charge in [0.1, 0.15) is 0 Å². The molecular weight excluding hydrogens is 261 g/mol. The fourth-order valence-electron chi connectivity index (χ4n) is 1.34. The van der Waals surface area contributed by atoms with Gasteiger partial charge in [-0.3, -0.25) is 4.79 Å². The van der Waals surface area contributed by atoms with Crippen LogP contribution in [-0.2, 0) is 11.0 Å². The first kappa shape index (κ1) is 14.8. The molecule has 0 heterocycles. The number of hydrogen-bond acceptors (Lipinski definition) is 2. The van der Waals surface area contributed by atoms with Crippen molar-refractivity contribution in [3.05, 3.63) is 41.0 Å². The van der Waals surface area contributed by atoms with E-state index in [1.807, 2.05) is 0 Å². The maximum Gasteiger partial charge on any atom is 0.416 e. The molecule has 0 saturated carbocycles. The summed E-state index contributed by atoms with van der Waals surface area (Å²) in [4.78, 5) is 10.7. The third-order valence-electron chi connectivity index (χ3n) is 2.29. The van der Waals surface area contributed by atoms with Crippen LogP contribution in [0.1, 0.15) is 23.6 Å². The molecule has 98 valence electrons. The van der Waals surface area contributed by atoms with Crippen LogP contribution in [0.2, 0.25) is 0 Å². The van der Waals surface area contributed by atoms with Crippen molar-refractivity contribution in [3.63, 3.8) is 0 Å². The Morgan fingerprint density at radius 1 is 1.39 bits per heavy atom. The van der Waals surface area contributed by atoms with E-state index in [0.717, 1.165) is 29.5 Å². The Morgan fingerprint density at radius 3 is 2.61 bits per heavy atom. The Hall–Kier alpha value is -1.23. The minimum absolute atomic E-state index is 0.0135. The van der Waals surface area contributed by atoms with E-state index in [1.54, 1.807) is 19.1 Å². The lowest BCUT2D eigenvalue weighted by atomic mass is 10.0. The monoisotopic (exact) mass is 274 g/mol. The molecule has 1 nitrogen and oxygen atoms in total. The van der Waals surface area contributed by atoms with Crippen molar-refractivity contribution < 1.29 is 18.0 Å². The average molecular weight is 274 g/mol. The summed E-state index contributed by atoms with van der Waals surface area (Å²) >= 11 is 1.12. The zero-order chi connectivity index (χ0) is 13.8. The summed E-state index contributed by atoms with van der Waals surface area (Å²) in [5, 5.41) is -0.0135. The largest absolute Gasteiger partial charge is 0.416 e. The molecule has 0 amide bonds. The standard InChI is InChI=1S/C13H13F3OS/c1-9-5-6-12(13(14,15)16)8-11(9)4-3-7-18-10(2)17/h3-6,8H,7H2,1-2H3. The number of rotatable bonds is 3. The lowest BCUT2D eigenvalue weighted by Crippen LogP contribution is -2.05. The molecule has 0 saturated heterocycles. The first-order valence-electron chi connectivity index (χ1n) is 5.28. The van der Waals surface area contributed by atoms with Crippen molar-refractivity contribution >= 4 is 23.0 Å². The molecule has 18 heavy (non-hydrogen) atoms.